The van der Waals surface area contributed by atoms with Gasteiger partial charge in [0.05, 0.1) is 12.0 Å². The highest BCUT2D eigenvalue weighted by Gasteiger charge is 2.17. The molecular formula is C9H17N3. The lowest BCUT2D eigenvalue weighted by Crippen LogP contribution is -2.38. The van der Waals surface area contributed by atoms with Crippen molar-refractivity contribution in [1.82, 2.24) is 15.3 Å². The summed E-state index contributed by atoms with van der Waals surface area (Å²) in [5, 5.41) is 3.25. The Bertz CT molecular complexity index is 250. The van der Waals surface area contributed by atoms with Crippen LogP contribution in [0, 0.1) is 6.92 Å². The quantitative estimate of drug-likeness (QED) is 0.711. The summed E-state index contributed by atoms with van der Waals surface area (Å²) in [5.41, 5.74) is 2.44. The molecule has 0 saturated carbocycles. The average molecular weight is 167 g/mol. The van der Waals surface area contributed by atoms with Gasteiger partial charge in [-0.2, -0.15) is 0 Å². The predicted octanol–water partition coefficient (Wildman–Crippen LogP) is 1.26. The van der Waals surface area contributed by atoms with Crippen molar-refractivity contribution < 1.29 is 0 Å². The van der Waals surface area contributed by atoms with Gasteiger partial charge in [0.25, 0.3) is 0 Å². The monoisotopic (exact) mass is 167 g/mol. The molecule has 68 valence electrons. The first-order chi connectivity index (χ1) is 5.55. The van der Waals surface area contributed by atoms with Gasteiger partial charge in [-0.3, -0.25) is 0 Å². The van der Waals surface area contributed by atoms with Crippen molar-refractivity contribution >= 4 is 0 Å². The maximum absolute atomic E-state index is 4.25. The molecule has 1 heterocycles. The van der Waals surface area contributed by atoms with E-state index in [9.17, 15) is 0 Å². The van der Waals surface area contributed by atoms with Crippen LogP contribution in [-0.4, -0.2) is 22.6 Å². The number of likely N-dealkylation sites (N-methyl/N-ethyl adjacent to an activating group) is 1. The molecule has 0 aliphatic carbocycles. The second-order valence-corrected chi connectivity index (χ2v) is 3.78. The molecule has 1 rings (SSSR count). The van der Waals surface area contributed by atoms with Crippen molar-refractivity contribution in [3.63, 3.8) is 0 Å². The molecule has 3 heteroatoms. The number of aromatic amines is 1. The van der Waals surface area contributed by atoms with E-state index in [2.05, 4.69) is 29.1 Å². The molecule has 0 aliphatic heterocycles. The molecule has 0 aromatic carbocycles. The fourth-order valence-electron chi connectivity index (χ4n) is 1.07. The van der Waals surface area contributed by atoms with Crippen LogP contribution in [0.4, 0.5) is 0 Å². The minimum absolute atomic E-state index is 0.125. The largest absolute Gasteiger partial charge is 0.348 e. The lowest BCUT2D eigenvalue weighted by Gasteiger charge is -2.22. The van der Waals surface area contributed by atoms with Crippen LogP contribution in [0.3, 0.4) is 0 Å². The highest BCUT2D eigenvalue weighted by atomic mass is 14.9. The van der Waals surface area contributed by atoms with E-state index in [-0.39, 0.29) is 5.54 Å². The van der Waals surface area contributed by atoms with Crippen LogP contribution < -0.4 is 5.32 Å². The molecule has 0 radical (unpaired) electrons. The van der Waals surface area contributed by atoms with Gasteiger partial charge in [0.1, 0.15) is 0 Å². The number of rotatable bonds is 3. The Morgan fingerprint density at radius 2 is 2.25 bits per heavy atom. The molecule has 0 amide bonds. The molecule has 0 unspecified atom stereocenters. The number of H-pyrrole nitrogens is 1. The zero-order chi connectivity index (χ0) is 9.19. The summed E-state index contributed by atoms with van der Waals surface area (Å²) in [5.74, 6) is 0. The van der Waals surface area contributed by atoms with Crippen molar-refractivity contribution in [2.45, 2.75) is 32.7 Å². The lowest BCUT2D eigenvalue weighted by molar-refractivity contribution is 0.417. The van der Waals surface area contributed by atoms with E-state index in [1.807, 2.05) is 14.0 Å². The first-order valence-corrected chi connectivity index (χ1v) is 4.23. The van der Waals surface area contributed by atoms with Crippen molar-refractivity contribution in [2.24, 2.45) is 0 Å². The summed E-state index contributed by atoms with van der Waals surface area (Å²) in [6.07, 6.45) is 2.70. The average Bonchev–Trinajstić information content (AvgIpc) is 2.36. The summed E-state index contributed by atoms with van der Waals surface area (Å²) >= 11 is 0. The highest BCUT2D eigenvalue weighted by molar-refractivity contribution is 5.11. The number of nitrogens with one attached hydrogen (secondary N) is 2. The molecule has 0 saturated heterocycles. The summed E-state index contributed by atoms with van der Waals surface area (Å²) in [7, 11) is 1.97. The Morgan fingerprint density at radius 3 is 2.67 bits per heavy atom. The molecule has 1 aromatic rings. The SMILES string of the molecule is CNC(C)(C)Cc1nc[nH]c1C. The maximum atomic E-state index is 4.25. The first-order valence-electron chi connectivity index (χ1n) is 4.23. The Kier molecular flexibility index (Phi) is 2.52. The Morgan fingerprint density at radius 1 is 1.58 bits per heavy atom. The van der Waals surface area contributed by atoms with Crippen LogP contribution in [0.5, 0.6) is 0 Å². The molecular weight excluding hydrogens is 150 g/mol. The number of aryl methyl sites for hydroxylation is 1. The summed E-state index contributed by atoms with van der Waals surface area (Å²) in [4.78, 5) is 7.33. The van der Waals surface area contributed by atoms with Crippen molar-refractivity contribution in [3.8, 4) is 0 Å². The molecule has 0 atom stereocenters. The Balaban J connectivity index is 2.70. The van der Waals surface area contributed by atoms with Gasteiger partial charge in [0.15, 0.2) is 0 Å². The van der Waals surface area contributed by atoms with Gasteiger partial charge < -0.3 is 10.3 Å². The summed E-state index contributed by atoms with van der Waals surface area (Å²) in [6.45, 7) is 6.39. The smallest absolute Gasteiger partial charge is 0.0925 e. The summed E-state index contributed by atoms with van der Waals surface area (Å²) < 4.78 is 0. The van der Waals surface area contributed by atoms with Crippen LogP contribution in [-0.2, 0) is 6.42 Å². The number of nitrogens with zero attached hydrogens (tertiary/aromatic N) is 1. The Labute approximate surface area is 73.6 Å². The number of imidazole rings is 1. The molecule has 0 bridgehead atoms. The molecule has 2 N–H and O–H groups in total. The maximum Gasteiger partial charge on any atom is 0.0925 e. The topological polar surface area (TPSA) is 40.7 Å². The lowest BCUT2D eigenvalue weighted by atomic mass is 9.98. The number of hydrogen-bond donors (Lipinski definition) is 2. The standard InChI is InChI=1S/C9H17N3/c1-7-8(12-6-11-7)5-9(2,3)10-4/h6,10H,5H2,1-4H3,(H,11,12). The van der Waals surface area contributed by atoms with Crippen molar-refractivity contribution in [2.75, 3.05) is 7.05 Å². The third-order valence-corrected chi connectivity index (χ3v) is 2.22. The van der Waals surface area contributed by atoms with Gasteiger partial charge in [0.2, 0.25) is 0 Å². The fraction of sp³-hybridized carbons (Fsp3) is 0.667. The molecule has 12 heavy (non-hydrogen) atoms. The fourth-order valence-corrected chi connectivity index (χ4v) is 1.07. The van der Waals surface area contributed by atoms with Crippen LogP contribution >= 0.6 is 0 Å². The van der Waals surface area contributed by atoms with Crippen molar-refractivity contribution in [3.05, 3.63) is 17.7 Å². The van der Waals surface area contributed by atoms with Gasteiger partial charge in [-0.15, -0.1) is 0 Å². The second kappa shape index (κ2) is 3.27. The number of aromatic nitrogens is 2. The van der Waals surface area contributed by atoms with Crippen LogP contribution in [0.25, 0.3) is 0 Å². The van der Waals surface area contributed by atoms with Gasteiger partial charge >= 0.3 is 0 Å². The predicted molar refractivity (Wildman–Crippen MR) is 50.2 cm³/mol. The van der Waals surface area contributed by atoms with Crippen LogP contribution in [0.15, 0.2) is 6.33 Å². The zero-order valence-corrected chi connectivity index (χ0v) is 8.23. The van der Waals surface area contributed by atoms with Crippen LogP contribution in [0.2, 0.25) is 0 Å². The van der Waals surface area contributed by atoms with Gasteiger partial charge in [-0.25, -0.2) is 4.98 Å². The first kappa shape index (κ1) is 9.26. The van der Waals surface area contributed by atoms with Gasteiger partial charge in [-0.05, 0) is 27.8 Å². The Hall–Kier alpha value is -0.830. The molecule has 0 aliphatic rings. The molecule has 1 aromatic heterocycles. The van der Waals surface area contributed by atoms with E-state index in [0.29, 0.717) is 0 Å². The minimum Gasteiger partial charge on any atom is -0.348 e. The minimum atomic E-state index is 0.125. The number of hydrogen-bond acceptors (Lipinski definition) is 2. The van der Waals surface area contributed by atoms with Gasteiger partial charge in [0, 0.05) is 17.7 Å². The van der Waals surface area contributed by atoms with E-state index >= 15 is 0 Å². The highest BCUT2D eigenvalue weighted by Crippen LogP contribution is 2.11. The van der Waals surface area contributed by atoms with Crippen molar-refractivity contribution in [1.29, 1.82) is 0 Å². The van der Waals surface area contributed by atoms with Gasteiger partial charge in [-0.1, -0.05) is 0 Å². The van der Waals surface area contributed by atoms with E-state index in [1.54, 1.807) is 6.33 Å². The molecule has 0 fully saturated rings. The van der Waals surface area contributed by atoms with E-state index in [1.165, 1.54) is 5.69 Å². The molecule has 0 spiro atoms. The second-order valence-electron chi connectivity index (χ2n) is 3.78. The molecule has 3 nitrogen and oxygen atoms in total. The third-order valence-electron chi connectivity index (χ3n) is 2.22. The van der Waals surface area contributed by atoms with Crippen LogP contribution in [0.1, 0.15) is 25.2 Å². The third kappa shape index (κ3) is 2.08. The normalized spacial score (nSPS) is 12.0. The van der Waals surface area contributed by atoms with E-state index < -0.39 is 0 Å². The van der Waals surface area contributed by atoms with E-state index in [0.717, 1.165) is 12.1 Å². The summed E-state index contributed by atoms with van der Waals surface area (Å²) in [6, 6.07) is 0. The zero-order valence-electron chi connectivity index (χ0n) is 8.23. The van der Waals surface area contributed by atoms with E-state index in [4.69, 9.17) is 0 Å².